The molecule has 0 spiro atoms. The number of hydrogen-bond donors (Lipinski definition) is 0. The quantitative estimate of drug-likeness (QED) is 0.189. The van der Waals surface area contributed by atoms with Crippen LogP contribution in [0.2, 0.25) is 0 Å². The molecule has 0 amide bonds. The van der Waals surface area contributed by atoms with Crippen LogP contribution in [0.3, 0.4) is 0 Å². The summed E-state index contributed by atoms with van der Waals surface area (Å²) in [5, 5.41) is 0. The SMILES string of the molecule is Brc1ccc(/C=C/c2ccc(Br)cc2)cc1.Brc1ccc(/C=C/c2ccc(Br)cc2)cc1. The van der Waals surface area contributed by atoms with Gasteiger partial charge in [-0.3, -0.25) is 0 Å². The molecule has 0 nitrogen and oxygen atoms in total. The second-order valence-electron chi connectivity index (χ2n) is 6.87. The molecule has 160 valence electrons. The lowest BCUT2D eigenvalue weighted by Crippen LogP contribution is -1.73. The fourth-order valence-corrected chi connectivity index (χ4v) is 3.74. The first-order chi connectivity index (χ1) is 15.5. The Hall–Kier alpha value is -1.72. The van der Waals surface area contributed by atoms with Crippen molar-refractivity contribution in [3.63, 3.8) is 0 Å². The molecule has 4 aromatic rings. The fourth-order valence-electron chi connectivity index (χ4n) is 2.68. The average molecular weight is 676 g/mol. The molecule has 0 unspecified atom stereocenters. The highest BCUT2D eigenvalue weighted by Crippen LogP contribution is 2.16. The minimum absolute atomic E-state index is 1.10. The summed E-state index contributed by atoms with van der Waals surface area (Å²) in [6, 6.07) is 33.0. The van der Waals surface area contributed by atoms with Crippen molar-refractivity contribution >= 4 is 88.0 Å². The number of halogens is 4. The van der Waals surface area contributed by atoms with Crippen molar-refractivity contribution in [2.24, 2.45) is 0 Å². The van der Waals surface area contributed by atoms with Crippen LogP contribution >= 0.6 is 63.7 Å². The highest BCUT2D eigenvalue weighted by Gasteiger charge is 1.91. The lowest BCUT2D eigenvalue weighted by Gasteiger charge is -1.95. The third kappa shape index (κ3) is 9.03. The molecule has 0 radical (unpaired) electrons. The zero-order valence-electron chi connectivity index (χ0n) is 17.1. The van der Waals surface area contributed by atoms with Gasteiger partial charge in [0.15, 0.2) is 0 Å². The van der Waals surface area contributed by atoms with Gasteiger partial charge in [-0.1, -0.05) is 137 Å². The van der Waals surface area contributed by atoms with Crippen LogP contribution in [0.5, 0.6) is 0 Å². The van der Waals surface area contributed by atoms with Gasteiger partial charge in [0.05, 0.1) is 0 Å². The van der Waals surface area contributed by atoms with Gasteiger partial charge in [0, 0.05) is 17.9 Å². The van der Waals surface area contributed by atoms with Gasteiger partial charge < -0.3 is 0 Å². The van der Waals surface area contributed by atoms with E-state index in [2.05, 4.69) is 137 Å². The van der Waals surface area contributed by atoms with Crippen molar-refractivity contribution in [2.45, 2.75) is 0 Å². The van der Waals surface area contributed by atoms with Gasteiger partial charge in [-0.15, -0.1) is 0 Å². The van der Waals surface area contributed by atoms with E-state index in [-0.39, 0.29) is 0 Å². The molecule has 0 atom stereocenters. The maximum atomic E-state index is 3.42. The highest BCUT2D eigenvalue weighted by atomic mass is 79.9. The third-order valence-corrected chi connectivity index (χ3v) is 6.53. The van der Waals surface area contributed by atoms with Crippen molar-refractivity contribution in [3.05, 3.63) is 137 Å². The van der Waals surface area contributed by atoms with E-state index in [9.17, 15) is 0 Å². The summed E-state index contributed by atoms with van der Waals surface area (Å²) in [4.78, 5) is 0. The molecule has 0 aromatic heterocycles. The molecule has 4 rings (SSSR count). The van der Waals surface area contributed by atoms with Crippen LogP contribution in [-0.2, 0) is 0 Å². The average Bonchev–Trinajstić information content (AvgIpc) is 2.81. The smallest absolute Gasteiger partial charge is 0.0175 e. The monoisotopic (exact) mass is 672 g/mol. The van der Waals surface area contributed by atoms with E-state index in [1.54, 1.807) is 0 Å². The Morgan fingerprint density at radius 2 is 0.438 bits per heavy atom. The van der Waals surface area contributed by atoms with E-state index in [0.29, 0.717) is 0 Å². The second kappa shape index (κ2) is 13.1. The predicted octanol–water partition coefficient (Wildman–Crippen LogP) is 10.8. The summed E-state index contributed by atoms with van der Waals surface area (Å²) in [5.74, 6) is 0. The summed E-state index contributed by atoms with van der Waals surface area (Å²) in [5.41, 5.74) is 4.80. The third-order valence-electron chi connectivity index (χ3n) is 4.42. The molecule has 0 heterocycles. The normalized spacial score (nSPS) is 10.9. The van der Waals surface area contributed by atoms with E-state index in [4.69, 9.17) is 0 Å². The molecule has 4 aromatic carbocycles. The standard InChI is InChI=1S/2C14H10Br2/c2*15-13-7-3-11(4-8-13)1-2-12-5-9-14(16)10-6-12/h2*1-10H/b2*2-1+. The first-order valence-corrected chi connectivity index (χ1v) is 13.0. The Labute approximate surface area is 223 Å². The van der Waals surface area contributed by atoms with E-state index in [0.717, 1.165) is 17.9 Å². The highest BCUT2D eigenvalue weighted by molar-refractivity contribution is 9.11. The van der Waals surface area contributed by atoms with Crippen LogP contribution in [0.1, 0.15) is 22.3 Å². The van der Waals surface area contributed by atoms with E-state index in [1.165, 1.54) is 22.3 Å². The minimum atomic E-state index is 1.10. The fraction of sp³-hybridized carbons (Fsp3) is 0. The van der Waals surface area contributed by atoms with E-state index in [1.807, 2.05) is 48.5 Å². The summed E-state index contributed by atoms with van der Waals surface area (Å²) >= 11 is 13.7. The number of rotatable bonds is 4. The molecule has 0 fully saturated rings. The van der Waals surface area contributed by atoms with Gasteiger partial charge in [0.25, 0.3) is 0 Å². The first kappa shape index (κ1) is 24.9. The van der Waals surface area contributed by atoms with Crippen LogP contribution in [0.15, 0.2) is 115 Å². The topological polar surface area (TPSA) is 0 Å². The van der Waals surface area contributed by atoms with Gasteiger partial charge >= 0.3 is 0 Å². The molecule has 4 heteroatoms. The molecule has 0 saturated carbocycles. The lowest BCUT2D eigenvalue weighted by atomic mass is 10.1. The van der Waals surface area contributed by atoms with Crippen molar-refractivity contribution in [2.75, 3.05) is 0 Å². The zero-order chi connectivity index (χ0) is 22.8. The van der Waals surface area contributed by atoms with E-state index < -0.39 is 0 Å². The molecule has 32 heavy (non-hydrogen) atoms. The van der Waals surface area contributed by atoms with Crippen LogP contribution in [0, 0.1) is 0 Å². The maximum Gasteiger partial charge on any atom is 0.0175 e. The Morgan fingerprint density at radius 3 is 0.594 bits per heavy atom. The van der Waals surface area contributed by atoms with Crippen LogP contribution in [-0.4, -0.2) is 0 Å². The largest absolute Gasteiger partial charge is 0.0544 e. The summed E-state index contributed by atoms with van der Waals surface area (Å²) in [6.45, 7) is 0. The Bertz CT molecular complexity index is 964. The summed E-state index contributed by atoms with van der Waals surface area (Å²) in [7, 11) is 0. The van der Waals surface area contributed by atoms with Gasteiger partial charge in [-0.25, -0.2) is 0 Å². The molecule has 0 aliphatic heterocycles. The number of benzene rings is 4. The Morgan fingerprint density at radius 1 is 0.281 bits per heavy atom. The van der Waals surface area contributed by atoms with Crippen LogP contribution in [0.4, 0.5) is 0 Å². The van der Waals surface area contributed by atoms with Crippen molar-refractivity contribution in [1.29, 1.82) is 0 Å². The van der Waals surface area contributed by atoms with Crippen molar-refractivity contribution in [3.8, 4) is 0 Å². The minimum Gasteiger partial charge on any atom is -0.0544 e. The summed E-state index contributed by atoms with van der Waals surface area (Å²) < 4.78 is 4.42. The molecule has 0 N–H and O–H groups in total. The maximum absolute atomic E-state index is 3.42. The molecular weight excluding hydrogens is 656 g/mol. The lowest BCUT2D eigenvalue weighted by molar-refractivity contribution is 1.60. The van der Waals surface area contributed by atoms with Gasteiger partial charge in [0.1, 0.15) is 0 Å². The molecule has 0 bridgehead atoms. The molecular formula is C28H20Br4. The van der Waals surface area contributed by atoms with Crippen molar-refractivity contribution in [1.82, 2.24) is 0 Å². The van der Waals surface area contributed by atoms with Gasteiger partial charge in [-0.2, -0.15) is 0 Å². The van der Waals surface area contributed by atoms with E-state index >= 15 is 0 Å². The van der Waals surface area contributed by atoms with Gasteiger partial charge in [-0.05, 0) is 70.8 Å². The summed E-state index contributed by atoms with van der Waals surface area (Å²) in [6.07, 6.45) is 8.43. The van der Waals surface area contributed by atoms with Crippen LogP contribution in [0.25, 0.3) is 24.3 Å². The zero-order valence-corrected chi connectivity index (χ0v) is 23.4. The first-order valence-electron chi connectivity index (χ1n) is 9.86. The molecule has 0 aliphatic rings. The second-order valence-corrected chi connectivity index (χ2v) is 10.5. The predicted molar refractivity (Wildman–Crippen MR) is 154 cm³/mol. The van der Waals surface area contributed by atoms with Gasteiger partial charge in [0.2, 0.25) is 0 Å². The molecule has 0 aliphatic carbocycles. The molecule has 0 saturated heterocycles. The number of hydrogen-bond acceptors (Lipinski definition) is 0. The van der Waals surface area contributed by atoms with Crippen LogP contribution < -0.4 is 0 Å². The van der Waals surface area contributed by atoms with Crippen molar-refractivity contribution < 1.29 is 0 Å². The Kier molecular flexibility index (Phi) is 10.2. The Balaban J connectivity index is 0.000000181.